The molecule has 0 bridgehead atoms. The number of hydrogen-bond acceptors (Lipinski definition) is 5. The molecular formula is C19H20FNO5. The Kier molecular flexibility index (Phi) is 7.42. The molecule has 0 aliphatic heterocycles. The average Bonchev–Trinajstić information content (AvgIpc) is 2.65. The van der Waals surface area contributed by atoms with E-state index in [0.29, 0.717) is 12.4 Å². The molecule has 0 fully saturated rings. The fourth-order valence-corrected chi connectivity index (χ4v) is 2.04. The number of nitrogens with one attached hydrogen (secondary N) is 1. The second kappa shape index (κ2) is 10.0. The van der Waals surface area contributed by atoms with Crippen LogP contribution in [0.25, 0.3) is 0 Å². The summed E-state index contributed by atoms with van der Waals surface area (Å²) in [6.45, 7) is 2.57. The van der Waals surface area contributed by atoms with Crippen LogP contribution in [0.15, 0.2) is 48.5 Å². The van der Waals surface area contributed by atoms with E-state index < -0.39 is 24.3 Å². The van der Waals surface area contributed by atoms with Crippen LogP contribution < -0.4 is 14.8 Å². The van der Waals surface area contributed by atoms with E-state index in [1.54, 1.807) is 24.3 Å². The van der Waals surface area contributed by atoms with Crippen LogP contribution in [0.1, 0.15) is 17.3 Å². The van der Waals surface area contributed by atoms with Gasteiger partial charge in [-0.2, -0.15) is 0 Å². The maximum absolute atomic E-state index is 13.0. The number of benzene rings is 2. The molecule has 0 aromatic heterocycles. The van der Waals surface area contributed by atoms with Crippen molar-refractivity contribution in [1.29, 1.82) is 0 Å². The van der Waals surface area contributed by atoms with Gasteiger partial charge >= 0.3 is 5.97 Å². The lowest BCUT2D eigenvalue weighted by atomic mass is 10.2. The molecule has 2 rings (SSSR count). The third kappa shape index (κ3) is 6.43. The van der Waals surface area contributed by atoms with Gasteiger partial charge in [0.15, 0.2) is 6.61 Å². The summed E-state index contributed by atoms with van der Waals surface area (Å²) in [7, 11) is 0. The van der Waals surface area contributed by atoms with Gasteiger partial charge in [0.05, 0.1) is 18.7 Å². The Morgan fingerprint density at radius 3 is 2.38 bits per heavy atom. The van der Waals surface area contributed by atoms with E-state index >= 15 is 0 Å². The molecule has 138 valence electrons. The standard InChI is InChI=1S/C19H20FNO5/c1-2-24-16-6-8-17(9-7-16)25-11-10-21-18(22)13-26-19(23)14-4-3-5-15(20)12-14/h3-9,12H,2,10-11,13H2,1H3,(H,21,22). The first-order valence-electron chi connectivity index (χ1n) is 8.13. The second-order valence-corrected chi connectivity index (χ2v) is 5.19. The van der Waals surface area contributed by atoms with Gasteiger partial charge in [-0.15, -0.1) is 0 Å². The van der Waals surface area contributed by atoms with E-state index in [2.05, 4.69) is 5.32 Å². The molecule has 1 N–H and O–H groups in total. The minimum Gasteiger partial charge on any atom is -0.494 e. The van der Waals surface area contributed by atoms with E-state index in [9.17, 15) is 14.0 Å². The molecule has 6 nitrogen and oxygen atoms in total. The minimum atomic E-state index is -0.759. The Labute approximate surface area is 150 Å². The van der Waals surface area contributed by atoms with Crippen LogP contribution in [0, 0.1) is 5.82 Å². The lowest BCUT2D eigenvalue weighted by molar-refractivity contribution is -0.124. The van der Waals surface area contributed by atoms with Gasteiger partial charge in [0, 0.05) is 0 Å². The molecule has 0 aliphatic carbocycles. The van der Waals surface area contributed by atoms with Crippen LogP contribution in [-0.2, 0) is 9.53 Å². The fourth-order valence-electron chi connectivity index (χ4n) is 2.04. The zero-order valence-electron chi connectivity index (χ0n) is 14.4. The number of carbonyl (C=O) groups is 2. The maximum Gasteiger partial charge on any atom is 0.338 e. The van der Waals surface area contributed by atoms with Crippen molar-refractivity contribution in [3.8, 4) is 11.5 Å². The zero-order chi connectivity index (χ0) is 18.8. The Hall–Kier alpha value is -3.09. The van der Waals surface area contributed by atoms with Gasteiger partial charge < -0.3 is 19.5 Å². The van der Waals surface area contributed by atoms with Crippen LogP contribution in [-0.4, -0.2) is 38.2 Å². The van der Waals surface area contributed by atoms with Crippen LogP contribution in [0.5, 0.6) is 11.5 Å². The molecule has 2 aromatic rings. The fraction of sp³-hybridized carbons (Fsp3) is 0.263. The van der Waals surface area contributed by atoms with Crippen molar-refractivity contribution >= 4 is 11.9 Å². The van der Waals surface area contributed by atoms with Gasteiger partial charge in [-0.1, -0.05) is 6.07 Å². The van der Waals surface area contributed by atoms with Crippen molar-refractivity contribution in [3.05, 3.63) is 59.9 Å². The van der Waals surface area contributed by atoms with Crippen LogP contribution in [0.3, 0.4) is 0 Å². The largest absolute Gasteiger partial charge is 0.494 e. The van der Waals surface area contributed by atoms with E-state index in [1.165, 1.54) is 18.2 Å². The monoisotopic (exact) mass is 361 g/mol. The highest BCUT2D eigenvalue weighted by Gasteiger charge is 2.10. The number of ether oxygens (including phenoxy) is 3. The summed E-state index contributed by atoms with van der Waals surface area (Å²) in [5.41, 5.74) is 0.0524. The molecule has 0 spiro atoms. The summed E-state index contributed by atoms with van der Waals surface area (Å²) in [6.07, 6.45) is 0. The highest BCUT2D eigenvalue weighted by atomic mass is 19.1. The van der Waals surface area contributed by atoms with E-state index in [4.69, 9.17) is 14.2 Å². The maximum atomic E-state index is 13.0. The number of halogens is 1. The quantitative estimate of drug-likeness (QED) is 0.549. The minimum absolute atomic E-state index is 0.0524. The number of amides is 1. The first-order valence-corrected chi connectivity index (χ1v) is 8.13. The highest BCUT2D eigenvalue weighted by molar-refractivity contribution is 5.91. The Bertz CT molecular complexity index is 733. The molecule has 0 aliphatic rings. The van der Waals surface area contributed by atoms with Crippen LogP contribution >= 0.6 is 0 Å². The second-order valence-electron chi connectivity index (χ2n) is 5.19. The summed E-state index contributed by atoms with van der Waals surface area (Å²) < 4.78 is 28.7. The van der Waals surface area contributed by atoms with Crippen LogP contribution in [0.4, 0.5) is 4.39 Å². The van der Waals surface area contributed by atoms with Gasteiger partial charge in [-0.25, -0.2) is 9.18 Å². The summed E-state index contributed by atoms with van der Waals surface area (Å²) in [5.74, 6) is -0.362. The predicted octanol–water partition coefficient (Wildman–Crippen LogP) is 2.58. The van der Waals surface area contributed by atoms with Crippen molar-refractivity contribution in [2.75, 3.05) is 26.4 Å². The highest BCUT2D eigenvalue weighted by Crippen LogP contribution is 2.17. The Morgan fingerprint density at radius 1 is 1.04 bits per heavy atom. The molecule has 0 saturated carbocycles. The van der Waals surface area contributed by atoms with Crippen molar-refractivity contribution in [2.45, 2.75) is 6.92 Å². The van der Waals surface area contributed by atoms with Crippen molar-refractivity contribution in [1.82, 2.24) is 5.32 Å². The lowest BCUT2D eigenvalue weighted by Gasteiger charge is -2.09. The molecule has 7 heteroatoms. The zero-order valence-corrected chi connectivity index (χ0v) is 14.4. The summed E-state index contributed by atoms with van der Waals surface area (Å²) in [4.78, 5) is 23.3. The van der Waals surface area contributed by atoms with Crippen molar-refractivity contribution in [3.63, 3.8) is 0 Å². The van der Waals surface area contributed by atoms with Gasteiger partial charge in [0.25, 0.3) is 5.91 Å². The third-order valence-corrected chi connectivity index (χ3v) is 3.22. The Balaban J connectivity index is 1.63. The van der Waals surface area contributed by atoms with Gasteiger partial charge in [-0.05, 0) is 49.4 Å². The average molecular weight is 361 g/mol. The normalized spacial score (nSPS) is 10.1. The Morgan fingerprint density at radius 2 is 1.73 bits per heavy atom. The molecule has 0 heterocycles. The first-order chi connectivity index (χ1) is 12.6. The number of carbonyl (C=O) groups excluding carboxylic acids is 2. The summed E-state index contributed by atoms with van der Waals surface area (Å²) >= 11 is 0. The molecule has 0 saturated heterocycles. The molecule has 26 heavy (non-hydrogen) atoms. The predicted molar refractivity (Wildman–Crippen MR) is 92.8 cm³/mol. The van der Waals surface area contributed by atoms with Crippen LogP contribution in [0.2, 0.25) is 0 Å². The summed E-state index contributed by atoms with van der Waals surface area (Å²) in [6, 6.07) is 12.2. The summed E-state index contributed by atoms with van der Waals surface area (Å²) in [5, 5.41) is 2.56. The molecular weight excluding hydrogens is 341 g/mol. The first kappa shape index (κ1) is 19.2. The molecule has 0 unspecified atom stereocenters. The van der Waals surface area contributed by atoms with Crippen molar-refractivity contribution in [2.24, 2.45) is 0 Å². The van der Waals surface area contributed by atoms with E-state index in [-0.39, 0.29) is 18.7 Å². The molecule has 1 amide bonds. The van der Waals surface area contributed by atoms with Crippen molar-refractivity contribution < 1.29 is 28.2 Å². The number of hydrogen-bond donors (Lipinski definition) is 1. The third-order valence-electron chi connectivity index (χ3n) is 3.22. The molecule has 0 atom stereocenters. The van der Waals surface area contributed by atoms with Gasteiger partial charge in [-0.3, -0.25) is 4.79 Å². The molecule has 0 radical (unpaired) electrons. The van der Waals surface area contributed by atoms with E-state index in [1.807, 2.05) is 6.92 Å². The topological polar surface area (TPSA) is 73.9 Å². The number of esters is 1. The lowest BCUT2D eigenvalue weighted by Crippen LogP contribution is -2.32. The van der Waals surface area contributed by atoms with Gasteiger partial charge in [0.2, 0.25) is 0 Å². The van der Waals surface area contributed by atoms with E-state index in [0.717, 1.165) is 11.8 Å². The van der Waals surface area contributed by atoms with Gasteiger partial charge in [0.1, 0.15) is 23.9 Å². The number of rotatable bonds is 9. The smallest absolute Gasteiger partial charge is 0.338 e. The molecule has 2 aromatic carbocycles. The SMILES string of the molecule is CCOc1ccc(OCCNC(=O)COC(=O)c2cccc(F)c2)cc1.